The smallest absolute Gasteiger partial charge is 0.378 e. The molecule has 1 fully saturated rings. The fraction of sp³-hybridized carbons (Fsp3) is 0.500. The lowest BCUT2D eigenvalue weighted by atomic mass is 10.2. The molecule has 1 aromatic heterocycles. The summed E-state index contributed by atoms with van der Waals surface area (Å²) in [6.45, 7) is 1.18. The molecule has 98 valence electrons. The third kappa shape index (κ3) is 2.58. The van der Waals surface area contributed by atoms with Crippen molar-refractivity contribution in [3.8, 4) is 0 Å². The van der Waals surface area contributed by atoms with Crippen molar-refractivity contribution in [2.75, 3.05) is 26.3 Å². The van der Waals surface area contributed by atoms with Gasteiger partial charge >= 0.3 is 6.18 Å². The Morgan fingerprint density at radius 1 is 1.33 bits per heavy atom. The lowest BCUT2D eigenvalue weighted by molar-refractivity contribution is -0.141. The lowest BCUT2D eigenvalue weighted by Crippen LogP contribution is -2.41. The van der Waals surface area contributed by atoms with E-state index >= 15 is 0 Å². The number of carbonyl (C=O) groups excluding carboxylic acids is 1. The Labute approximate surface area is 101 Å². The molecule has 0 aromatic carbocycles. The first-order valence-electron chi connectivity index (χ1n) is 5.24. The summed E-state index contributed by atoms with van der Waals surface area (Å²) in [5.41, 5.74) is -1.72. The summed E-state index contributed by atoms with van der Waals surface area (Å²) in [6.07, 6.45) is -2.99. The van der Waals surface area contributed by atoms with Gasteiger partial charge in [0.1, 0.15) is 6.33 Å². The number of hydrogen-bond acceptors (Lipinski definition) is 4. The van der Waals surface area contributed by atoms with Crippen LogP contribution in [0.5, 0.6) is 0 Å². The second kappa shape index (κ2) is 4.89. The third-order valence-corrected chi connectivity index (χ3v) is 2.51. The molecule has 5 nitrogen and oxygen atoms in total. The van der Waals surface area contributed by atoms with Crippen molar-refractivity contribution in [1.29, 1.82) is 0 Å². The van der Waals surface area contributed by atoms with E-state index in [1.165, 1.54) is 4.90 Å². The van der Waals surface area contributed by atoms with Crippen molar-refractivity contribution in [3.05, 3.63) is 23.8 Å². The Bertz CT molecular complexity index is 444. The SMILES string of the molecule is O=C(c1cncnc1C(F)(F)F)N1CCOCC1. The van der Waals surface area contributed by atoms with Gasteiger partial charge in [0.25, 0.3) is 5.91 Å². The van der Waals surface area contributed by atoms with Crippen LogP contribution in [0.25, 0.3) is 0 Å². The predicted octanol–water partition coefficient (Wildman–Crippen LogP) is 0.968. The highest BCUT2D eigenvalue weighted by molar-refractivity contribution is 5.95. The first-order valence-corrected chi connectivity index (χ1v) is 5.24. The predicted molar refractivity (Wildman–Crippen MR) is 53.8 cm³/mol. The number of amides is 1. The third-order valence-electron chi connectivity index (χ3n) is 2.51. The zero-order chi connectivity index (χ0) is 13.2. The first kappa shape index (κ1) is 12.7. The topological polar surface area (TPSA) is 55.3 Å². The molecule has 2 rings (SSSR count). The highest BCUT2D eigenvalue weighted by atomic mass is 19.4. The number of aromatic nitrogens is 2. The Kier molecular flexibility index (Phi) is 3.46. The van der Waals surface area contributed by atoms with Crippen LogP contribution in [-0.4, -0.2) is 47.1 Å². The molecule has 1 aromatic rings. The van der Waals surface area contributed by atoms with Gasteiger partial charge in [0, 0.05) is 19.3 Å². The molecule has 18 heavy (non-hydrogen) atoms. The van der Waals surface area contributed by atoms with E-state index in [9.17, 15) is 18.0 Å². The molecule has 0 radical (unpaired) electrons. The maximum Gasteiger partial charge on any atom is 0.434 e. The fourth-order valence-corrected chi connectivity index (χ4v) is 1.65. The van der Waals surface area contributed by atoms with Crippen molar-refractivity contribution in [2.24, 2.45) is 0 Å². The van der Waals surface area contributed by atoms with Gasteiger partial charge in [0.05, 0.1) is 18.8 Å². The number of hydrogen-bond donors (Lipinski definition) is 0. The largest absolute Gasteiger partial charge is 0.434 e. The van der Waals surface area contributed by atoms with Crippen molar-refractivity contribution >= 4 is 5.91 Å². The van der Waals surface area contributed by atoms with Gasteiger partial charge in [-0.05, 0) is 0 Å². The highest BCUT2D eigenvalue weighted by Gasteiger charge is 2.38. The summed E-state index contributed by atoms with van der Waals surface area (Å²) in [6, 6.07) is 0. The van der Waals surface area contributed by atoms with Gasteiger partial charge in [-0.25, -0.2) is 9.97 Å². The van der Waals surface area contributed by atoms with Gasteiger partial charge in [-0.15, -0.1) is 0 Å². The molecule has 0 bridgehead atoms. The minimum atomic E-state index is -4.67. The second-order valence-corrected chi connectivity index (χ2v) is 3.69. The van der Waals surface area contributed by atoms with E-state index in [2.05, 4.69) is 9.97 Å². The number of alkyl halides is 3. The summed E-state index contributed by atoms with van der Waals surface area (Å²) in [7, 11) is 0. The van der Waals surface area contributed by atoms with Crippen LogP contribution in [-0.2, 0) is 10.9 Å². The van der Waals surface area contributed by atoms with E-state index in [4.69, 9.17) is 4.74 Å². The van der Waals surface area contributed by atoms with Crippen LogP contribution in [0.3, 0.4) is 0 Å². The van der Waals surface area contributed by atoms with Gasteiger partial charge in [-0.2, -0.15) is 13.2 Å². The molecule has 1 saturated heterocycles. The number of halogens is 3. The molecule has 1 aliphatic heterocycles. The summed E-state index contributed by atoms with van der Waals surface area (Å²) in [4.78, 5) is 19.9. The van der Waals surface area contributed by atoms with Crippen LogP contribution < -0.4 is 0 Å². The van der Waals surface area contributed by atoms with Crippen molar-refractivity contribution < 1.29 is 22.7 Å². The maximum absolute atomic E-state index is 12.7. The molecule has 8 heteroatoms. The van der Waals surface area contributed by atoms with Gasteiger partial charge < -0.3 is 9.64 Å². The van der Waals surface area contributed by atoms with Crippen molar-refractivity contribution in [1.82, 2.24) is 14.9 Å². The number of rotatable bonds is 1. The summed E-state index contributed by atoms with van der Waals surface area (Å²) in [5.74, 6) is -0.716. The molecular formula is C10H10F3N3O2. The summed E-state index contributed by atoms with van der Waals surface area (Å²) in [5, 5.41) is 0. The Morgan fingerprint density at radius 3 is 2.61 bits per heavy atom. The van der Waals surface area contributed by atoms with Crippen molar-refractivity contribution in [3.63, 3.8) is 0 Å². The lowest BCUT2D eigenvalue weighted by Gasteiger charge is -2.27. The molecule has 0 atom stereocenters. The van der Waals surface area contributed by atoms with Crippen LogP contribution in [0.4, 0.5) is 13.2 Å². The van der Waals surface area contributed by atoms with E-state index in [1.807, 2.05) is 0 Å². The molecule has 0 aliphatic carbocycles. The van der Waals surface area contributed by atoms with Crippen LogP contribution in [0.1, 0.15) is 16.1 Å². The molecule has 0 saturated carbocycles. The number of morpholine rings is 1. The summed E-state index contributed by atoms with van der Waals surface area (Å²) < 4.78 is 43.1. The number of ether oxygens (including phenoxy) is 1. The van der Waals surface area contributed by atoms with Crippen LogP contribution in [0.2, 0.25) is 0 Å². The average molecular weight is 261 g/mol. The standard InChI is InChI=1S/C10H10F3N3O2/c11-10(12,13)8-7(5-14-6-15-8)9(17)16-1-3-18-4-2-16/h5-6H,1-4H2. The minimum absolute atomic E-state index is 0.269. The average Bonchev–Trinajstić information content (AvgIpc) is 2.38. The molecule has 1 aliphatic rings. The van der Waals surface area contributed by atoms with E-state index in [1.54, 1.807) is 0 Å². The second-order valence-electron chi connectivity index (χ2n) is 3.69. The quantitative estimate of drug-likeness (QED) is 0.755. The highest BCUT2D eigenvalue weighted by Crippen LogP contribution is 2.30. The van der Waals surface area contributed by atoms with Crippen LogP contribution >= 0.6 is 0 Å². The van der Waals surface area contributed by atoms with E-state index in [0.717, 1.165) is 12.5 Å². The molecule has 0 spiro atoms. The van der Waals surface area contributed by atoms with Gasteiger partial charge in [-0.3, -0.25) is 4.79 Å². The molecule has 0 unspecified atom stereocenters. The van der Waals surface area contributed by atoms with Crippen LogP contribution in [0, 0.1) is 0 Å². The normalized spacial score (nSPS) is 16.7. The molecule has 1 amide bonds. The Balaban J connectivity index is 2.30. The zero-order valence-electron chi connectivity index (χ0n) is 9.28. The van der Waals surface area contributed by atoms with E-state index in [0.29, 0.717) is 13.2 Å². The van der Waals surface area contributed by atoms with Gasteiger partial charge in [-0.1, -0.05) is 0 Å². The molecule has 2 heterocycles. The van der Waals surface area contributed by atoms with E-state index in [-0.39, 0.29) is 13.1 Å². The summed E-state index contributed by atoms with van der Waals surface area (Å²) >= 11 is 0. The minimum Gasteiger partial charge on any atom is -0.378 e. The Hall–Kier alpha value is -1.70. The fourth-order valence-electron chi connectivity index (χ4n) is 1.65. The number of nitrogens with zero attached hydrogens (tertiary/aromatic N) is 3. The van der Waals surface area contributed by atoms with Crippen molar-refractivity contribution in [2.45, 2.75) is 6.18 Å². The Morgan fingerprint density at radius 2 is 2.00 bits per heavy atom. The zero-order valence-corrected chi connectivity index (χ0v) is 9.28. The van der Waals surface area contributed by atoms with E-state index < -0.39 is 23.3 Å². The first-order chi connectivity index (χ1) is 8.50. The number of carbonyl (C=O) groups is 1. The molecule has 0 N–H and O–H groups in total. The van der Waals surface area contributed by atoms with Gasteiger partial charge in [0.15, 0.2) is 5.69 Å². The monoisotopic (exact) mass is 261 g/mol. The molecular weight excluding hydrogens is 251 g/mol. The van der Waals surface area contributed by atoms with Crippen LogP contribution in [0.15, 0.2) is 12.5 Å². The van der Waals surface area contributed by atoms with Gasteiger partial charge in [0.2, 0.25) is 0 Å². The maximum atomic E-state index is 12.7.